The van der Waals surface area contributed by atoms with Gasteiger partial charge in [0.1, 0.15) is 0 Å². The van der Waals surface area contributed by atoms with Gasteiger partial charge in [-0.3, -0.25) is 0 Å². The third kappa shape index (κ3) is 3.31. The Bertz CT molecular complexity index is 658. The fourth-order valence-corrected chi connectivity index (χ4v) is 1.95. The number of benzene rings is 1. The molecular formula is C16H19N3O2. The van der Waals surface area contributed by atoms with Crippen LogP contribution in [0.25, 0.3) is 0 Å². The highest BCUT2D eigenvalue weighted by molar-refractivity contribution is 5.96. The predicted molar refractivity (Wildman–Crippen MR) is 84.0 cm³/mol. The average molecular weight is 285 g/mol. The van der Waals surface area contributed by atoms with Gasteiger partial charge in [0.2, 0.25) is 0 Å². The van der Waals surface area contributed by atoms with E-state index in [1.165, 1.54) is 17.8 Å². The van der Waals surface area contributed by atoms with Gasteiger partial charge < -0.3 is 16.2 Å². The van der Waals surface area contributed by atoms with E-state index in [1.807, 2.05) is 24.3 Å². The molecule has 0 atom stereocenters. The molecule has 0 aliphatic rings. The molecule has 110 valence electrons. The zero-order chi connectivity index (χ0) is 15.6. The normalized spacial score (nSPS) is 11.2. The van der Waals surface area contributed by atoms with Gasteiger partial charge in [-0.2, -0.15) is 0 Å². The molecule has 1 aromatic heterocycles. The van der Waals surface area contributed by atoms with Crippen LogP contribution in [-0.2, 0) is 5.41 Å². The van der Waals surface area contributed by atoms with Crippen LogP contribution in [0.5, 0.6) is 0 Å². The molecule has 0 bridgehead atoms. The Morgan fingerprint density at radius 1 is 1.19 bits per heavy atom. The first-order chi connectivity index (χ1) is 9.79. The second kappa shape index (κ2) is 5.44. The first kappa shape index (κ1) is 14.8. The van der Waals surface area contributed by atoms with E-state index in [2.05, 4.69) is 31.1 Å². The van der Waals surface area contributed by atoms with Crippen LogP contribution in [0.3, 0.4) is 0 Å². The van der Waals surface area contributed by atoms with Crippen LogP contribution in [0.4, 0.5) is 17.2 Å². The minimum Gasteiger partial charge on any atom is -0.478 e. The van der Waals surface area contributed by atoms with Crippen LogP contribution in [0.2, 0.25) is 0 Å². The van der Waals surface area contributed by atoms with Gasteiger partial charge in [-0.15, -0.1) is 0 Å². The summed E-state index contributed by atoms with van der Waals surface area (Å²) in [6, 6.07) is 9.29. The SMILES string of the molecule is CC(C)(C)c1ccc(Nc2nccc(C(=O)O)c2N)cc1. The lowest BCUT2D eigenvalue weighted by Crippen LogP contribution is -2.11. The number of carbonyl (C=O) groups is 1. The molecule has 0 spiro atoms. The highest BCUT2D eigenvalue weighted by atomic mass is 16.4. The van der Waals surface area contributed by atoms with Gasteiger partial charge in [-0.1, -0.05) is 32.9 Å². The van der Waals surface area contributed by atoms with E-state index in [0.717, 1.165) is 5.69 Å². The number of nitrogens with two attached hydrogens (primary N) is 1. The number of anilines is 3. The predicted octanol–water partition coefficient (Wildman–Crippen LogP) is 3.40. The van der Waals surface area contributed by atoms with Gasteiger partial charge in [0.15, 0.2) is 5.82 Å². The molecular weight excluding hydrogens is 266 g/mol. The molecule has 0 radical (unpaired) electrons. The number of hydrogen-bond donors (Lipinski definition) is 3. The number of hydrogen-bond acceptors (Lipinski definition) is 4. The molecule has 0 aliphatic heterocycles. The van der Waals surface area contributed by atoms with Crippen molar-refractivity contribution in [2.24, 2.45) is 0 Å². The van der Waals surface area contributed by atoms with Crippen LogP contribution in [0.1, 0.15) is 36.7 Å². The number of carboxylic acid groups (broad SMARTS) is 1. The third-order valence-electron chi connectivity index (χ3n) is 3.23. The van der Waals surface area contributed by atoms with Crippen molar-refractivity contribution in [1.29, 1.82) is 0 Å². The van der Waals surface area contributed by atoms with E-state index in [0.29, 0.717) is 5.82 Å². The van der Waals surface area contributed by atoms with Crippen LogP contribution in [0.15, 0.2) is 36.5 Å². The molecule has 0 saturated carbocycles. The maximum atomic E-state index is 11.0. The Morgan fingerprint density at radius 3 is 2.33 bits per heavy atom. The summed E-state index contributed by atoms with van der Waals surface area (Å²) in [4.78, 5) is 15.1. The van der Waals surface area contributed by atoms with E-state index >= 15 is 0 Å². The van der Waals surface area contributed by atoms with Crippen LogP contribution in [0, 0.1) is 0 Å². The molecule has 1 heterocycles. The van der Waals surface area contributed by atoms with E-state index in [4.69, 9.17) is 10.8 Å². The van der Waals surface area contributed by atoms with E-state index in [-0.39, 0.29) is 16.7 Å². The minimum atomic E-state index is -1.07. The lowest BCUT2D eigenvalue weighted by Gasteiger charge is -2.19. The topological polar surface area (TPSA) is 88.2 Å². The van der Waals surface area contributed by atoms with Crippen molar-refractivity contribution in [3.63, 3.8) is 0 Å². The first-order valence-corrected chi connectivity index (χ1v) is 6.64. The molecule has 0 fully saturated rings. The summed E-state index contributed by atoms with van der Waals surface area (Å²) in [7, 11) is 0. The van der Waals surface area contributed by atoms with Crippen molar-refractivity contribution in [1.82, 2.24) is 4.98 Å². The maximum absolute atomic E-state index is 11.0. The fraction of sp³-hybridized carbons (Fsp3) is 0.250. The van der Waals surface area contributed by atoms with Gasteiger partial charge in [0.25, 0.3) is 0 Å². The molecule has 4 N–H and O–H groups in total. The largest absolute Gasteiger partial charge is 0.478 e. The Balaban J connectivity index is 2.27. The summed E-state index contributed by atoms with van der Waals surface area (Å²) in [6.07, 6.45) is 1.42. The summed E-state index contributed by atoms with van der Waals surface area (Å²) in [6.45, 7) is 6.43. The van der Waals surface area contributed by atoms with E-state index < -0.39 is 5.97 Å². The van der Waals surface area contributed by atoms with Crippen LogP contribution in [-0.4, -0.2) is 16.1 Å². The second-order valence-electron chi connectivity index (χ2n) is 5.88. The first-order valence-electron chi connectivity index (χ1n) is 6.64. The van der Waals surface area contributed by atoms with Gasteiger partial charge >= 0.3 is 5.97 Å². The smallest absolute Gasteiger partial charge is 0.337 e. The number of nitrogens with zero attached hydrogens (tertiary/aromatic N) is 1. The van der Waals surface area contributed by atoms with Crippen molar-refractivity contribution in [2.45, 2.75) is 26.2 Å². The molecule has 0 saturated heterocycles. The number of aromatic carboxylic acids is 1. The van der Waals surface area contributed by atoms with Crippen LogP contribution >= 0.6 is 0 Å². The quantitative estimate of drug-likeness (QED) is 0.804. The zero-order valence-electron chi connectivity index (χ0n) is 12.3. The van der Waals surface area contributed by atoms with Gasteiger partial charge in [-0.05, 0) is 29.2 Å². The third-order valence-corrected chi connectivity index (χ3v) is 3.23. The number of carboxylic acids is 1. The highest BCUT2D eigenvalue weighted by Crippen LogP contribution is 2.27. The van der Waals surface area contributed by atoms with E-state index in [9.17, 15) is 4.79 Å². The average Bonchev–Trinajstić information content (AvgIpc) is 2.40. The number of aromatic nitrogens is 1. The number of nitrogen functional groups attached to an aromatic ring is 1. The number of rotatable bonds is 3. The van der Waals surface area contributed by atoms with Gasteiger partial charge in [0, 0.05) is 11.9 Å². The fourth-order valence-electron chi connectivity index (χ4n) is 1.95. The minimum absolute atomic E-state index is 0.0406. The Kier molecular flexibility index (Phi) is 3.84. The van der Waals surface area contributed by atoms with Crippen molar-refractivity contribution < 1.29 is 9.90 Å². The lowest BCUT2D eigenvalue weighted by molar-refractivity contribution is 0.0698. The Labute approximate surface area is 123 Å². The highest BCUT2D eigenvalue weighted by Gasteiger charge is 2.14. The van der Waals surface area contributed by atoms with Gasteiger partial charge in [-0.25, -0.2) is 9.78 Å². The van der Waals surface area contributed by atoms with Crippen molar-refractivity contribution in [3.05, 3.63) is 47.7 Å². The molecule has 5 heteroatoms. The summed E-state index contributed by atoms with van der Waals surface area (Å²) < 4.78 is 0. The monoisotopic (exact) mass is 285 g/mol. The number of nitrogens with one attached hydrogen (secondary N) is 1. The van der Waals surface area contributed by atoms with Crippen molar-refractivity contribution in [3.8, 4) is 0 Å². The molecule has 0 unspecified atom stereocenters. The standard InChI is InChI=1S/C16H19N3O2/c1-16(2,3)10-4-6-11(7-5-10)19-14-13(17)12(15(20)21)8-9-18-14/h4-9H,17H2,1-3H3,(H,18,19)(H,20,21). The summed E-state index contributed by atoms with van der Waals surface area (Å²) in [5.41, 5.74) is 8.10. The second-order valence-corrected chi connectivity index (χ2v) is 5.88. The maximum Gasteiger partial charge on any atom is 0.337 e. The molecule has 0 amide bonds. The molecule has 21 heavy (non-hydrogen) atoms. The number of pyridine rings is 1. The van der Waals surface area contributed by atoms with E-state index in [1.54, 1.807) is 0 Å². The molecule has 0 aliphatic carbocycles. The molecule has 2 aromatic rings. The Hall–Kier alpha value is -2.56. The zero-order valence-corrected chi connectivity index (χ0v) is 12.3. The molecule has 2 rings (SSSR count). The molecule has 1 aromatic carbocycles. The van der Waals surface area contributed by atoms with Crippen LogP contribution < -0.4 is 11.1 Å². The van der Waals surface area contributed by atoms with Gasteiger partial charge in [0.05, 0.1) is 11.3 Å². The summed E-state index contributed by atoms with van der Waals surface area (Å²) in [5.74, 6) is -0.723. The summed E-state index contributed by atoms with van der Waals surface area (Å²) in [5, 5.41) is 12.1. The lowest BCUT2D eigenvalue weighted by atomic mass is 9.87. The van der Waals surface area contributed by atoms with Crippen molar-refractivity contribution >= 4 is 23.2 Å². The molecule has 5 nitrogen and oxygen atoms in total. The Morgan fingerprint density at radius 2 is 1.81 bits per heavy atom. The summed E-state index contributed by atoms with van der Waals surface area (Å²) >= 11 is 0. The van der Waals surface area contributed by atoms with Crippen molar-refractivity contribution in [2.75, 3.05) is 11.1 Å².